The maximum absolute atomic E-state index is 13.2. The molecule has 0 saturated carbocycles. The monoisotopic (exact) mass is 622 g/mol. The van der Waals surface area contributed by atoms with E-state index >= 15 is 0 Å². The molecule has 2 unspecified atom stereocenters. The van der Waals surface area contributed by atoms with Gasteiger partial charge in [-0.05, 0) is 67.6 Å². The number of carbonyl (C=O) groups excluding carboxylic acids is 1. The first-order chi connectivity index (χ1) is 21.1. The molecule has 1 aliphatic rings. The van der Waals surface area contributed by atoms with E-state index in [2.05, 4.69) is 56.0 Å². The Morgan fingerprint density at radius 2 is 1.82 bits per heavy atom. The second-order valence-electron chi connectivity index (χ2n) is 10.3. The lowest BCUT2D eigenvalue weighted by Crippen LogP contribution is -2.42. The summed E-state index contributed by atoms with van der Waals surface area (Å²) in [5.74, 6) is 1.04. The second-order valence-corrected chi connectivity index (χ2v) is 11.4. The predicted octanol–water partition coefficient (Wildman–Crippen LogP) is 7.94. The lowest BCUT2D eigenvalue weighted by molar-refractivity contribution is -0.274. The molecule has 2 atom stereocenters. The number of aryl methyl sites for hydroxylation is 1. The molecule has 1 aliphatic heterocycles. The highest BCUT2D eigenvalue weighted by atomic mass is 32.2. The van der Waals surface area contributed by atoms with Gasteiger partial charge in [-0.3, -0.25) is 0 Å². The Morgan fingerprint density at radius 3 is 2.50 bits per heavy atom. The number of halogens is 3. The SMILES string of the molecule is CCc1ccccc1N1C(=NC(=O)NC(CC)c2ccc(-c3ncn(-c4ccc(OC(F)(F)F)cc4)n3)cc2)SCCC1C. The quantitative estimate of drug-likeness (QED) is 0.215. The summed E-state index contributed by atoms with van der Waals surface area (Å²) in [6, 6.07) is 20.8. The van der Waals surface area contributed by atoms with Gasteiger partial charge < -0.3 is 15.0 Å². The zero-order chi connectivity index (χ0) is 31.3. The van der Waals surface area contributed by atoms with Gasteiger partial charge in [-0.1, -0.05) is 68.1 Å². The molecule has 8 nitrogen and oxygen atoms in total. The van der Waals surface area contributed by atoms with Crippen molar-refractivity contribution >= 4 is 28.6 Å². The molecular weight excluding hydrogens is 589 g/mol. The summed E-state index contributed by atoms with van der Waals surface area (Å²) in [5, 5.41) is 8.23. The molecule has 1 aromatic heterocycles. The third-order valence-electron chi connectivity index (χ3n) is 7.35. The van der Waals surface area contributed by atoms with Crippen LogP contribution in [0.5, 0.6) is 5.75 Å². The highest BCUT2D eigenvalue weighted by molar-refractivity contribution is 8.14. The van der Waals surface area contributed by atoms with E-state index < -0.39 is 6.36 Å². The van der Waals surface area contributed by atoms with E-state index in [9.17, 15) is 18.0 Å². The lowest BCUT2D eigenvalue weighted by atomic mass is 10.0. The molecule has 230 valence electrons. The fourth-order valence-electron chi connectivity index (χ4n) is 5.05. The van der Waals surface area contributed by atoms with Gasteiger partial charge in [-0.2, -0.15) is 4.99 Å². The van der Waals surface area contributed by atoms with Crippen molar-refractivity contribution in [3.05, 3.63) is 90.3 Å². The Bertz CT molecular complexity index is 1610. The van der Waals surface area contributed by atoms with Crippen molar-refractivity contribution in [1.82, 2.24) is 20.1 Å². The zero-order valence-electron chi connectivity index (χ0n) is 24.6. The summed E-state index contributed by atoms with van der Waals surface area (Å²) < 4.78 is 42.7. The number of amidine groups is 1. The number of nitrogens with zero attached hydrogens (tertiary/aromatic N) is 5. The average Bonchev–Trinajstić information content (AvgIpc) is 3.50. The fraction of sp³-hybridized carbons (Fsp3) is 0.312. The van der Waals surface area contributed by atoms with E-state index in [0.29, 0.717) is 23.1 Å². The molecule has 0 spiro atoms. The molecule has 5 rings (SSSR count). The third-order valence-corrected chi connectivity index (χ3v) is 8.33. The average molecular weight is 623 g/mol. The number of amides is 2. The van der Waals surface area contributed by atoms with E-state index in [1.54, 1.807) is 11.8 Å². The maximum Gasteiger partial charge on any atom is 0.573 e. The Labute approximate surface area is 258 Å². The topological polar surface area (TPSA) is 84.6 Å². The van der Waals surface area contributed by atoms with Crippen molar-refractivity contribution < 1.29 is 22.7 Å². The molecule has 0 aliphatic carbocycles. The Morgan fingerprint density at radius 1 is 1.09 bits per heavy atom. The number of aliphatic imine (C=N–C) groups is 1. The predicted molar refractivity (Wildman–Crippen MR) is 167 cm³/mol. The number of thioether (sulfide) groups is 1. The van der Waals surface area contributed by atoms with E-state index in [-0.39, 0.29) is 23.9 Å². The Hall–Kier alpha value is -4.32. The zero-order valence-corrected chi connectivity index (χ0v) is 25.4. The molecule has 44 heavy (non-hydrogen) atoms. The van der Waals surface area contributed by atoms with Crippen molar-refractivity contribution in [2.24, 2.45) is 4.99 Å². The van der Waals surface area contributed by atoms with E-state index in [1.165, 1.54) is 40.8 Å². The van der Waals surface area contributed by atoms with Crippen LogP contribution in [-0.4, -0.2) is 44.1 Å². The van der Waals surface area contributed by atoms with Gasteiger partial charge in [0.1, 0.15) is 12.1 Å². The summed E-state index contributed by atoms with van der Waals surface area (Å²) in [5.41, 5.74) is 4.51. The number of hydrogen-bond donors (Lipinski definition) is 1. The Kier molecular flexibility index (Phi) is 9.58. The molecule has 1 saturated heterocycles. The molecule has 3 aromatic carbocycles. The number of carbonyl (C=O) groups is 1. The van der Waals surface area contributed by atoms with Gasteiger partial charge in [-0.25, -0.2) is 14.5 Å². The van der Waals surface area contributed by atoms with Gasteiger partial charge in [0.25, 0.3) is 0 Å². The van der Waals surface area contributed by atoms with Crippen molar-refractivity contribution in [2.75, 3.05) is 10.7 Å². The highest BCUT2D eigenvalue weighted by Crippen LogP contribution is 2.32. The normalized spacial score (nSPS) is 17.0. The van der Waals surface area contributed by atoms with E-state index in [1.807, 2.05) is 43.3 Å². The largest absolute Gasteiger partial charge is 0.573 e. The summed E-state index contributed by atoms with van der Waals surface area (Å²) >= 11 is 1.60. The van der Waals surface area contributed by atoms with Gasteiger partial charge in [0, 0.05) is 23.0 Å². The molecular formula is C32H33F3N6O2S. The number of alkyl halides is 3. The number of rotatable bonds is 8. The molecule has 4 aromatic rings. The number of ether oxygens (including phenoxy) is 1. The van der Waals surface area contributed by atoms with Crippen LogP contribution in [0.1, 0.15) is 50.8 Å². The molecule has 2 amide bonds. The fourth-order valence-corrected chi connectivity index (χ4v) is 6.26. The van der Waals surface area contributed by atoms with E-state index in [4.69, 9.17) is 0 Å². The van der Waals surface area contributed by atoms with Crippen LogP contribution in [0.3, 0.4) is 0 Å². The third kappa shape index (κ3) is 7.42. The van der Waals surface area contributed by atoms with Crippen LogP contribution in [0.25, 0.3) is 17.1 Å². The van der Waals surface area contributed by atoms with Crippen molar-refractivity contribution in [3.63, 3.8) is 0 Å². The van der Waals surface area contributed by atoms with Gasteiger partial charge in [-0.15, -0.1) is 18.3 Å². The first-order valence-corrected chi connectivity index (χ1v) is 15.4. The molecule has 2 heterocycles. The van der Waals surface area contributed by atoms with E-state index in [0.717, 1.165) is 35.4 Å². The second kappa shape index (κ2) is 13.5. The molecule has 0 bridgehead atoms. The maximum atomic E-state index is 13.2. The standard InChI is InChI=1S/C32H33F3N6O2S/c1-4-22-8-6-7-9-28(22)41-21(3)18-19-44-31(41)38-30(42)37-27(5-2)23-10-12-24(13-11-23)29-36-20-40(39-29)25-14-16-26(17-15-25)43-32(33,34)35/h6-17,20-21,27H,4-5,18-19H2,1-3H3,(H,37,42). The minimum atomic E-state index is -4.75. The number of urea groups is 1. The van der Waals surface area contributed by atoms with Gasteiger partial charge in [0.15, 0.2) is 11.0 Å². The number of benzene rings is 3. The summed E-state index contributed by atoms with van der Waals surface area (Å²) in [7, 11) is 0. The molecule has 0 radical (unpaired) electrons. The van der Waals surface area contributed by atoms with Crippen LogP contribution in [0.2, 0.25) is 0 Å². The smallest absolute Gasteiger partial charge is 0.406 e. The Balaban J connectivity index is 1.27. The van der Waals surface area contributed by atoms with Crippen molar-refractivity contribution in [3.8, 4) is 22.8 Å². The van der Waals surface area contributed by atoms with Gasteiger partial charge in [0.2, 0.25) is 0 Å². The molecule has 1 N–H and O–H groups in total. The van der Waals surface area contributed by atoms with Gasteiger partial charge >= 0.3 is 12.4 Å². The van der Waals surface area contributed by atoms with Crippen LogP contribution in [0, 0.1) is 0 Å². The minimum absolute atomic E-state index is 0.227. The van der Waals surface area contributed by atoms with Crippen LogP contribution in [0.4, 0.5) is 23.7 Å². The highest BCUT2D eigenvalue weighted by Gasteiger charge is 2.31. The molecule has 1 fully saturated rings. The first kappa shape index (κ1) is 31.1. The summed E-state index contributed by atoms with van der Waals surface area (Å²) in [6.45, 7) is 6.29. The number of nitrogens with one attached hydrogen (secondary N) is 1. The number of para-hydroxylation sites is 1. The minimum Gasteiger partial charge on any atom is -0.406 e. The number of aromatic nitrogens is 3. The van der Waals surface area contributed by atoms with Crippen molar-refractivity contribution in [1.29, 1.82) is 0 Å². The summed E-state index contributed by atoms with van der Waals surface area (Å²) in [4.78, 5) is 24.2. The van der Waals surface area contributed by atoms with Crippen LogP contribution >= 0.6 is 11.8 Å². The number of hydrogen-bond acceptors (Lipinski definition) is 5. The lowest BCUT2D eigenvalue weighted by Gasteiger charge is -2.36. The van der Waals surface area contributed by atoms with Crippen LogP contribution in [-0.2, 0) is 6.42 Å². The molecule has 12 heteroatoms. The van der Waals surface area contributed by atoms with Crippen LogP contribution < -0.4 is 15.0 Å². The number of anilines is 1. The first-order valence-electron chi connectivity index (χ1n) is 14.4. The van der Waals surface area contributed by atoms with Crippen molar-refractivity contribution in [2.45, 2.75) is 58.5 Å². The van der Waals surface area contributed by atoms with Gasteiger partial charge in [0.05, 0.1) is 11.7 Å². The summed E-state index contributed by atoms with van der Waals surface area (Å²) in [6.07, 6.45) is -0.701. The van der Waals surface area contributed by atoms with Crippen LogP contribution in [0.15, 0.2) is 84.1 Å².